The van der Waals surface area contributed by atoms with Crippen molar-refractivity contribution >= 4 is 30.5 Å². The quantitative estimate of drug-likeness (QED) is 0.157. The van der Waals surface area contributed by atoms with Crippen LogP contribution < -0.4 is 17.1 Å². The number of isocyanates is 1. The van der Waals surface area contributed by atoms with E-state index >= 15 is 0 Å². The molecule has 0 aromatic carbocycles. The number of imidazole rings is 2. The number of aromatic amines is 2. The minimum atomic E-state index is -0.467. The van der Waals surface area contributed by atoms with E-state index in [4.69, 9.17) is 24.7 Å². The summed E-state index contributed by atoms with van der Waals surface area (Å²) < 4.78 is 24.6. The van der Waals surface area contributed by atoms with Crippen molar-refractivity contribution < 1.29 is 42.9 Å². The van der Waals surface area contributed by atoms with Crippen LogP contribution in [-0.4, -0.2) is 156 Å². The maximum absolute atomic E-state index is 11.9. The van der Waals surface area contributed by atoms with E-state index in [0.717, 1.165) is 51.6 Å². The van der Waals surface area contributed by atoms with E-state index in [1.165, 1.54) is 0 Å². The van der Waals surface area contributed by atoms with Crippen LogP contribution in [0.15, 0.2) is 39.4 Å². The molecule has 6 rings (SSSR count). The van der Waals surface area contributed by atoms with E-state index in [2.05, 4.69) is 15.0 Å². The molecular weight excluding hydrogens is 893 g/mol. The Morgan fingerprint density at radius 3 is 1.01 bits per heavy atom. The average molecular weight is 977 g/mol. The summed E-state index contributed by atoms with van der Waals surface area (Å²) in [6.45, 7) is 27.4. The number of aliphatic imine (C=N–C) groups is 1. The SMILES string of the molecule is C.CC(C)(C)OC(=O)N1CCC(N)CC1.CC(C)(C)OC(=O)N1CCC(N=C=O)CC1.CC(C)(C)OC(=O)N1CCC(n2cc[nH]c2=O)CC1.CC(C)(C)OC(=O)N1CCC(n2cc[nH]c2=O)CC1. The van der Waals surface area contributed by atoms with Crippen LogP contribution in [0.5, 0.6) is 0 Å². The minimum Gasteiger partial charge on any atom is -0.444 e. The molecule has 21 nitrogen and oxygen atoms in total. The van der Waals surface area contributed by atoms with Crippen LogP contribution in [0, 0.1) is 0 Å². The van der Waals surface area contributed by atoms with Crippen LogP contribution in [0.2, 0.25) is 0 Å². The molecular formula is C48H84N10O11. The molecule has 0 atom stereocenters. The number of aromatic nitrogens is 4. The standard InChI is InChI=1S/2C13H21N3O3.C11H18N2O3.C10H20N2O2.CH4/c2*1-13(2,3)19-12(18)15-7-4-10(5-8-15)16-9-6-14-11(16)17;1-11(2,3)16-10(15)13-6-4-9(5-7-13)12-8-14;1-10(2,3)14-9(13)12-6-4-8(11)5-7-12;/h2*6,9-10H,4-5,7-8H2,1-3H3,(H,14,17);9H,4-7H2,1-3H3;8H,4-7,11H2,1-3H3;1H4. The van der Waals surface area contributed by atoms with Gasteiger partial charge in [-0.15, -0.1) is 0 Å². The zero-order valence-corrected chi connectivity index (χ0v) is 42.6. The second kappa shape index (κ2) is 26.4. The van der Waals surface area contributed by atoms with Gasteiger partial charge in [-0.2, -0.15) is 0 Å². The smallest absolute Gasteiger partial charge is 0.410 e. The first-order valence-corrected chi connectivity index (χ1v) is 23.8. The lowest BCUT2D eigenvalue weighted by atomic mass is 10.1. The topological polar surface area (TPSA) is 249 Å². The van der Waals surface area contributed by atoms with Gasteiger partial charge in [0, 0.05) is 95.3 Å². The third kappa shape index (κ3) is 22.2. The van der Waals surface area contributed by atoms with Crippen molar-refractivity contribution in [3.8, 4) is 0 Å². The highest BCUT2D eigenvalue weighted by molar-refractivity contribution is 5.69. The lowest BCUT2D eigenvalue weighted by Crippen LogP contribution is -2.44. The Bertz CT molecular complexity index is 1950. The molecule has 0 radical (unpaired) electrons. The van der Waals surface area contributed by atoms with E-state index in [1.54, 1.807) is 59.6 Å². The molecule has 2 aromatic heterocycles. The lowest BCUT2D eigenvalue weighted by molar-refractivity contribution is 0.0177. The summed E-state index contributed by atoms with van der Waals surface area (Å²) in [6, 6.07) is 0.583. The molecule has 0 unspecified atom stereocenters. The number of H-pyrrole nitrogens is 2. The molecule has 4 aliphatic heterocycles. The monoisotopic (exact) mass is 977 g/mol. The predicted molar refractivity (Wildman–Crippen MR) is 263 cm³/mol. The highest BCUT2D eigenvalue weighted by Crippen LogP contribution is 2.24. The average Bonchev–Trinajstić information content (AvgIpc) is 3.87. The molecule has 2 aromatic rings. The van der Waals surface area contributed by atoms with Crippen LogP contribution in [0.4, 0.5) is 19.2 Å². The van der Waals surface area contributed by atoms with Crippen LogP contribution in [-0.2, 0) is 23.7 Å². The van der Waals surface area contributed by atoms with Crippen LogP contribution >= 0.6 is 0 Å². The number of carbonyl (C=O) groups excluding carboxylic acids is 5. The summed E-state index contributed by atoms with van der Waals surface area (Å²) >= 11 is 0. The second-order valence-corrected chi connectivity index (χ2v) is 21.5. The van der Waals surface area contributed by atoms with Crippen molar-refractivity contribution in [2.75, 3.05) is 52.4 Å². The fourth-order valence-electron chi connectivity index (χ4n) is 7.53. The Hall–Kier alpha value is -5.56. The van der Waals surface area contributed by atoms with Crippen LogP contribution in [0.25, 0.3) is 0 Å². The number of nitrogens with zero attached hydrogens (tertiary/aromatic N) is 7. The molecule has 0 bridgehead atoms. The number of carbonyl (C=O) groups is 4. The van der Waals surface area contributed by atoms with Gasteiger partial charge >= 0.3 is 35.8 Å². The minimum absolute atomic E-state index is 0. The normalized spacial score (nSPS) is 17.8. The van der Waals surface area contributed by atoms with Gasteiger partial charge in [-0.25, -0.2) is 38.6 Å². The summed E-state index contributed by atoms with van der Waals surface area (Å²) in [5.74, 6) is 0. The highest BCUT2D eigenvalue weighted by Gasteiger charge is 2.31. The first-order chi connectivity index (χ1) is 31.5. The number of hydrogen-bond acceptors (Lipinski definition) is 13. The fourth-order valence-corrected chi connectivity index (χ4v) is 7.53. The van der Waals surface area contributed by atoms with Crippen molar-refractivity contribution in [2.24, 2.45) is 10.7 Å². The zero-order chi connectivity index (χ0) is 51.0. The van der Waals surface area contributed by atoms with Gasteiger partial charge in [0.2, 0.25) is 6.08 Å². The zero-order valence-electron chi connectivity index (χ0n) is 42.6. The molecule has 21 heteroatoms. The first kappa shape index (κ1) is 59.6. The van der Waals surface area contributed by atoms with Gasteiger partial charge in [-0.1, -0.05) is 7.43 Å². The lowest BCUT2D eigenvalue weighted by Gasteiger charge is -2.33. The first-order valence-electron chi connectivity index (χ1n) is 23.8. The third-order valence-electron chi connectivity index (χ3n) is 10.9. The van der Waals surface area contributed by atoms with Crippen molar-refractivity contribution in [3.63, 3.8) is 0 Å². The van der Waals surface area contributed by atoms with Gasteiger partial charge in [0.05, 0.1) is 6.04 Å². The number of hydrogen-bond donors (Lipinski definition) is 3. The molecule has 4 N–H and O–H groups in total. The molecule has 0 spiro atoms. The Morgan fingerprint density at radius 2 is 0.783 bits per heavy atom. The Kier molecular flexibility index (Phi) is 22.8. The summed E-state index contributed by atoms with van der Waals surface area (Å²) in [4.78, 5) is 95.9. The van der Waals surface area contributed by atoms with Gasteiger partial charge < -0.3 is 54.2 Å². The molecule has 4 fully saturated rings. The van der Waals surface area contributed by atoms with Gasteiger partial charge in [-0.3, -0.25) is 9.13 Å². The summed E-state index contributed by atoms with van der Waals surface area (Å²) in [5, 5.41) is 0. The molecule has 0 saturated carbocycles. The van der Waals surface area contributed by atoms with E-state index < -0.39 is 22.4 Å². The molecule has 4 saturated heterocycles. The second-order valence-electron chi connectivity index (χ2n) is 21.5. The van der Waals surface area contributed by atoms with Gasteiger partial charge in [-0.05, 0) is 134 Å². The number of nitrogens with two attached hydrogens (primary N) is 1. The maximum Gasteiger partial charge on any atom is 0.410 e. The number of piperidine rings is 4. The third-order valence-corrected chi connectivity index (χ3v) is 10.9. The highest BCUT2D eigenvalue weighted by atomic mass is 16.6. The Balaban J connectivity index is 0.000000317. The Morgan fingerprint density at radius 1 is 0.522 bits per heavy atom. The Labute approximate surface area is 408 Å². The predicted octanol–water partition coefficient (Wildman–Crippen LogP) is 7.20. The van der Waals surface area contributed by atoms with Gasteiger partial charge in [0.15, 0.2) is 0 Å². The van der Waals surface area contributed by atoms with Crippen molar-refractivity contribution in [1.29, 1.82) is 0 Å². The van der Waals surface area contributed by atoms with E-state index in [0.29, 0.717) is 52.1 Å². The molecule has 392 valence electrons. The summed E-state index contributed by atoms with van der Waals surface area (Å²) in [7, 11) is 0. The maximum atomic E-state index is 11.9. The number of ether oxygens (including phenoxy) is 4. The van der Waals surface area contributed by atoms with E-state index in [1.807, 2.05) is 83.1 Å². The number of rotatable bonds is 3. The van der Waals surface area contributed by atoms with Gasteiger partial charge in [0.25, 0.3) is 0 Å². The summed E-state index contributed by atoms with van der Waals surface area (Å²) in [5.41, 5.74) is 3.77. The molecule has 4 amide bonds. The van der Waals surface area contributed by atoms with Crippen molar-refractivity contribution in [1.82, 2.24) is 38.7 Å². The summed E-state index contributed by atoms with van der Waals surface area (Å²) in [6.07, 6.45) is 13.6. The largest absolute Gasteiger partial charge is 0.444 e. The van der Waals surface area contributed by atoms with Crippen LogP contribution in [0.1, 0.15) is 154 Å². The van der Waals surface area contributed by atoms with Crippen molar-refractivity contribution in [3.05, 3.63) is 45.8 Å². The number of amides is 4. The van der Waals surface area contributed by atoms with E-state index in [-0.39, 0.29) is 67.3 Å². The number of nitrogens with one attached hydrogen (secondary N) is 2. The molecule has 6 heterocycles. The van der Waals surface area contributed by atoms with Gasteiger partial charge in [0.1, 0.15) is 22.4 Å². The fraction of sp³-hybridized carbons (Fsp3) is 0.771. The number of likely N-dealkylation sites (tertiary alicyclic amines) is 4. The molecule has 69 heavy (non-hydrogen) atoms. The van der Waals surface area contributed by atoms with Crippen LogP contribution in [0.3, 0.4) is 0 Å². The molecule has 4 aliphatic rings. The molecule has 0 aliphatic carbocycles. The van der Waals surface area contributed by atoms with Crippen molar-refractivity contribution in [2.45, 2.75) is 188 Å². The van der Waals surface area contributed by atoms with E-state index in [9.17, 15) is 33.6 Å².